The lowest BCUT2D eigenvalue weighted by Crippen LogP contribution is -2.50. The molecule has 0 spiro atoms. The van der Waals surface area contributed by atoms with E-state index in [1.165, 1.54) is 12.8 Å². The summed E-state index contributed by atoms with van der Waals surface area (Å²) >= 11 is 0. The normalized spacial score (nSPS) is 21.6. The van der Waals surface area contributed by atoms with Crippen molar-refractivity contribution in [3.63, 3.8) is 0 Å². The van der Waals surface area contributed by atoms with Crippen molar-refractivity contribution in [1.82, 2.24) is 20.9 Å². The van der Waals surface area contributed by atoms with Gasteiger partial charge in [-0.05, 0) is 45.7 Å². The van der Waals surface area contributed by atoms with Crippen LogP contribution in [-0.2, 0) is 4.79 Å². The van der Waals surface area contributed by atoms with Crippen LogP contribution >= 0.6 is 12.4 Å². The van der Waals surface area contributed by atoms with Crippen molar-refractivity contribution in [3.05, 3.63) is 0 Å². The lowest BCUT2D eigenvalue weighted by molar-refractivity contribution is -0.126. The van der Waals surface area contributed by atoms with E-state index >= 15 is 0 Å². The molecule has 3 N–H and O–H groups in total. The van der Waals surface area contributed by atoms with Gasteiger partial charge in [-0.3, -0.25) is 4.79 Å². The van der Waals surface area contributed by atoms with E-state index in [2.05, 4.69) is 16.0 Å². The minimum Gasteiger partial charge on any atom is -0.356 e. The number of amides is 3. The Morgan fingerprint density at radius 1 is 1.09 bits per heavy atom. The van der Waals surface area contributed by atoms with Gasteiger partial charge in [0.2, 0.25) is 5.91 Å². The van der Waals surface area contributed by atoms with E-state index in [-0.39, 0.29) is 30.3 Å². The number of carbonyl (C=O) groups excluding carboxylic acids is 2. The molecular weight excluding hydrogens is 316 g/mol. The molecule has 134 valence electrons. The van der Waals surface area contributed by atoms with Gasteiger partial charge in [0.1, 0.15) is 0 Å². The molecule has 2 aliphatic rings. The SMILES string of the molecule is CNCCCNC(=O)C1CCCN(C(=O)NC2CCCC2)C1.Cl. The Labute approximate surface area is 145 Å². The molecule has 1 unspecified atom stereocenters. The van der Waals surface area contributed by atoms with Crippen molar-refractivity contribution >= 4 is 24.3 Å². The van der Waals surface area contributed by atoms with Gasteiger partial charge in [-0.15, -0.1) is 12.4 Å². The fourth-order valence-electron chi connectivity index (χ4n) is 3.33. The van der Waals surface area contributed by atoms with Gasteiger partial charge in [0.15, 0.2) is 0 Å². The summed E-state index contributed by atoms with van der Waals surface area (Å²) < 4.78 is 0. The molecule has 1 saturated carbocycles. The van der Waals surface area contributed by atoms with Gasteiger partial charge in [-0.1, -0.05) is 12.8 Å². The lowest BCUT2D eigenvalue weighted by atomic mass is 9.97. The third-order valence-corrected chi connectivity index (χ3v) is 4.66. The Bertz CT molecular complexity index is 375. The maximum Gasteiger partial charge on any atom is 0.317 e. The van der Waals surface area contributed by atoms with Crippen molar-refractivity contribution in [2.24, 2.45) is 5.92 Å². The highest BCUT2D eigenvalue weighted by Gasteiger charge is 2.29. The van der Waals surface area contributed by atoms with Crippen LogP contribution in [0.2, 0.25) is 0 Å². The first-order chi connectivity index (χ1) is 10.7. The number of nitrogens with zero attached hydrogens (tertiary/aromatic N) is 1. The molecule has 2 rings (SSSR count). The fourth-order valence-corrected chi connectivity index (χ4v) is 3.33. The van der Waals surface area contributed by atoms with Crippen molar-refractivity contribution in [2.45, 2.75) is 51.0 Å². The zero-order chi connectivity index (χ0) is 15.8. The van der Waals surface area contributed by atoms with Crippen molar-refractivity contribution in [2.75, 3.05) is 33.2 Å². The van der Waals surface area contributed by atoms with Crippen LogP contribution in [0.3, 0.4) is 0 Å². The molecule has 2 fully saturated rings. The van der Waals surface area contributed by atoms with Crippen LogP contribution in [0.4, 0.5) is 4.79 Å². The largest absolute Gasteiger partial charge is 0.356 e. The molecule has 1 heterocycles. The van der Waals surface area contributed by atoms with Crippen LogP contribution in [0, 0.1) is 5.92 Å². The molecule has 23 heavy (non-hydrogen) atoms. The molecule has 1 atom stereocenters. The molecule has 3 amide bonds. The average molecular weight is 347 g/mol. The molecule has 0 aromatic rings. The van der Waals surface area contributed by atoms with E-state index in [4.69, 9.17) is 0 Å². The summed E-state index contributed by atoms with van der Waals surface area (Å²) in [5.41, 5.74) is 0. The second kappa shape index (κ2) is 10.7. The van der Waals surface area contributed by atoms with Crippen LogP contribution in [0.25, 0.3) is 0 Å². The van der Waals surface area contributed by atoms with Crippen molar-refractivity contribution < 1.29 is 9.59 Å². The minimum atomic E-state index is -0.0577. The quantitative estimate of drug-likeness (QED) is 0.638. The number of rotatable bonds is 6. The zero-order valence-electron chi connectivity index (χ0n) is 14.1. The van der Waals surface area contributed by atoms with Gasteiger partial charge in [-0.25, -0.2) is 4.79 Å². The Kier molecular flexibility index (Phi) is 9.33. The molecule has 0 bridgehead atoms. The molecule has 7 heteroatoms. The van der Waals surface area contributed by atoms with E-state index in [0.29, 0.717) is 19.1 Å². The number of carbonyl (C=O) groups is 2. The Balaban J connectivity index is 0.00000264. The van der Waals surface area contributed by atoms with Gasteiger partial charge in [0, 0.05) is 25.7 Å². The van der Waals surface area contributed by atoms with E-state index in [1.54, 1.807) is 0 Å². The second-order valence-corrected chi connectivity index (χ2v) is 6.46. The Morgan fingerprint density at radius 3 is 2.52 bits per heavy atom. The number of nitrogens with one attached hydrogen (secondary N) is 3. The Morgan fingerprint density at radius 2 is 1.83 bits per heavy atom. The molecule has 1 aliphatic carbocycles. The highest BCUT2D eigenvalue weighted by Crippen LogP contribution is 2.20. The molecule has 0 aromatic carbocycles. The van der Waals surface area contributed by atoms with Gasteiger partial charge < -0.3 is 20.9 Å². The highest BCUT2D eigenvalue weighted by atomic mass is 35.5. The minimum absolute atomic E-state index is 0. The molecule has 0 aromatic heterocycles. The number of likely N-dealkylation sites (tertiary alicyclic amines) is 1. The first kappa shape index (κ1) is 20.0. The lowest BCUT2D eigenvalue weighted by Gasteiger charge is -2.33. The van der Waals surface area contributed by atoms with Crippen LogP contribution in [0.15, 0.2) is 0 Å². The molecule has 0 radical (unpaired) electrons. The maximum absolute atomic E-state index is 12.3. The first-order valence-electron chi connectivity index (χ1n) is 8.68. The van der Waals surface area contributed by atoms with Gasteiger partial charge in [-0.2, -0.15) is 0 Å². The summed E-state index contributed by atoms with van der Waals surface area (Å²) in [6, 6.07) is 0.350. The van der Waals surface area contributed by atoms with E-state index in [0.717, 1.165) is 45.2 Å². The predicted octanol–water partition coefficient (Wildman–Crippen LogP) is 1.50. The second-order valence-electron chi connectivity index (χ2n) is 6.46. The number of urea groups is 1. The number of halogens is 1. The zero-order valence-corrected chi connectivity index (χ0v) is 14.9. The molecule has 6 nitrogen and oxygen atoms in total. The molecule has 1 saturated heterocycles. The van der Waals surface area contributed by atoms with Gasteiger partial charge in [0.05, 0.1) is 5.92 Å². The summed E-state index contributed by atoms with van der Waals surface area (Å²) in [7, 11) is 1.91. The van der Waals surface area contributed by atoms with Gasteiger partial charge in [0.25, 0.3) is 0 Å². The van der Waals surface area contributed by atoms with Crippen LogP contribution < -0.4 is 16.0 Å². The summed E-state index contributed by atoms with van der Waals surface area (Å²) in [4.78, 5) is 26.3. The predicted molar refractivity (Wildman–Crippen MR) is 93.9 cm³/mol. The highest BCUT2D eigenvalue weighted by molar-refractivity contribution is 5.85. The summed E-state index contributed by atoms with van der Waals surface area (Å²) in [5, 5.41) is 9.16. The topological polar surface area (TPSA) is 73.5 Å². The summed E-state index contributed by atoms with van der Waals surface area (Å²) in [6.07, 6.45) is 7.33. The monoisotopic (exact) mass is 346 g/mol. The smallest absolute Gasteiger partial charge is 0.317 e. The third-order valence-electron chi connectivity index (χ3n) is 4.66. The Hall–Kier alpha value is -1.01. The van der Waals surface area contributed by atoms with E-state index in [9.17, 15) is 9.59 Å². The first-order valence-corrected chi connectivity index (χ1v) is 8.68. The number of piperidine rings is 1. The van der Waals surface area contributed by atoms with Gasteiger partial charge >= 0.3 is 6.03 Å². The molecule has 1 aliphatic heterocycles. The number of hydrogen-bond donors (Lipinski definition) is 3. The number of hydrogen-bond acceptors (Lipinski definition) is 3. The van der Waals surface area contributed by atoms with Crippen molar-refractivity contribution in [1.29, 1.82) is 0 Å². The summed E-state index contributed by atoms with van der Waals surface area (Å²) in [6.45, 7) is 2.92. The summed E-state index contributed by atoms with van der Waals surface area (Å²) in [5.74, 6) is 0.0344. The van der Waals surface area contributed by atoms with Crippen LogP contribution in [-0.4, -0.2) is 56.1 Å². The van der Waals surface area contributed by atoms with E-state index < -0.39 is 0 Å². The van der Waals surface area contributed by atoms with E-state index in [1.807, 2.05) is 11.9 Å². The van der Waals surface area contributed by atoms with Crippen molar-refractivity contribution in [3.8, 4) is 0 Å². The van der Waals surface area contributed by atoms with Crippen LogP contribution in [0.5, 0.6) is 0 Å². The van der Waals surface area contributed by atoms with Crippen LogP contribution in [0.1, 0.15) is 44.9 Å². The maximum atomic E-state index is 12.3. The third kappa shape index (κ3) is 6.55. The average Bonchev–Trinajstić information content (AvgIpc) is 3.04. The fraction of sp³-hybridized carbons (Fsp3) is 0.875. The standard InChI is InChI=1S/C16H30N4O2.ClH/c1-17-9-5-10-18-15(21)13-6-4-11-20(12-13)16(22)19-14-7-2-3-8-14;/h13-14,17H,2-12H2,1H3,(H,18,21)(H,19,22);1H. The molecular formula is C16H31ClN4O2.